The molecule has 2 nitrogen and oxygen atoms in total. The molecule has 1 aliphatic heterocycles. The molecule has 1 saturated heterocycles. The molecule has 0 amide bonds. The van der Waals surface area contributed by atoms with E-state index in [2.05, 4.69) is 17.1 Å². The normalized spacial score (nSPS) is 22.4. The van der Waals surface area contributed by atoms with E-state index >= 15 is 0 Å². The van der Waals surface area contributed by atoms with Crippen LogP contribution >= 0.6 is 0 Å². The molecule has 1 aliphatic rings. The SMILES string of the molecule is CNC(CN1CCCCC1C)c1cccc(F)c1F. The maximum atomic E-state index is 13.9. The molecule has 0 aromatic heterocycles. The highest BCUT2D eigenvalue weighted by Gasteiger charge is 2.24. The van der Waals surface area contributed by atoms with Crippen LogP contribution in [0.4, 0.5) is 8.78 Å². The number of nitrogens with one attached hydrogen (secondary N) is 1. The molecule has 0 radical (unpaired) electrons. The summed E-state index contributed by atoms with van der Waals surface area (Å²) in [5.74, 6) is -1.50. The van der Waals surface area contributed by atoms with E-state index in [0.717, 1.165) is 19.2 Å². The topological polar surface area (TPSA) is 15.3 Å². The summed E-state index contributed by atoms with van der Waals surface area (Å²) in [4.78, 5) is 2.36. The lowest BCUT2D eigenvalue weighted by atomic mass is 10.00. The Balaban J connectivity index is 2.13. The first-order valence-corrected chi connectivity index (χ1v) is 6.98. The maximum Gasteiger partial charge on any atom is 0.163 e. The molecule has 1 aromatic carbocycles. The fourth-order valence-electron chi connectivity index (χ4n) is 2.80. The van der Waals surface area contributed by atoms with Crippen LogP contribution in [0.3, 0.4) is 0 Å². The monoisotopic (exact) mass is 268 g/mol. The summed E-state index contributed by atoms with van der Waals surface area (Å²) < 4.78 is 27.2. The third kappa shape index (κ3) is 3.31. The van der Waals surface area contributed by atoms with E-state index in [9.17, 15) is 8.78 Å². The number of rotatable bonds is 4. The predicted octanol–water partition coefficient (Wildman–Crippen LogP) is 3.10. The van der Waals surface area contributed by atoms with Crippen molar-refractivity contribution in [1.82, 2.24) is 10.2 Å². The molecule has 1 heterocycles. The fourth-order valence-corrected chi connectivity index (χ4v) is 2.80. The Bertz CT molecular complexity index is 423. The minimum absolute atomic E-state index is 0.170. The summed E-state index contributed by atoms with van der Waals surface area (Å²) in [7, 11) is 1.80. The number of benzene rings is 1. The number of likely N-dealkylation sites (tertiary alicyclic amines) is 1. The first-order valence-electron chi connectivity index (χ1n) is 6.98. The van der Waals surface area contributed by atoms with Gasteiger partial charge in [-0.3, -0.25) is 4.90 Å². The van der Waals surface area contributed by atoms with E-state index in [0.29, 0.717) is 11.6 Å². The Morgan fingerprint density at radius 1 is 1.37 bits per heavy atom. The molecule has 1 N–H and O–H groups in total. The van der Waals surface area contributed by atoms with Crippen molar-refractivity contribution in [2.24, 2.45) is 0 Å². The predicted molar refractivity (Wildman–Crippen MR) is 73.0 cm³/mol. The van der Waals surface area contributed by atoms with Crippen LogP contribution in [0.1, 0.15) is 37.8 Å². The lowest BCUT2D eigenvalue weighted by Crippen LogP contribution is -2.42. The van der Waals surface area contributed by atoms with Crippen LogP contribution in [0.2, 0.25) is 0 Å². The lowest BCUT2D eigenvalue weighted by molar-refractivity contribution is 0.145. The van der Waals surface area contributed by atoms with Crippen molar-refractivity contribution < 1.29 is 8.78 Å². The zero-order valence-corrected chi connectivity index (χ0v) is 11.6. The Morgan fingerprint density at radius 3 is 2.84 bits per heavy atom. The van der Waals surface area contributed by atoms with Crippen LogP contribution < -0.4 is 5.32 Å². The minimum atomic E-state index is -0.774. The molecule has 106 valence electrons. The quantitative estimate of drug-likeness (QED) is 0.902. The Hall–Kier alpha value is -1.00. The number of hydrogen-bond acceptors (Lipinski definition) is 2. The molecule has 0 bridgehead atoms. The van der Waals surface area contributed by atoms with Gasteiger partial charge in [-0.25, -0.2) is 8.78 Å². The van der Waals surface area contributed by atoms with E-state index in [1.54, 1.807) is 19.2 Å². The first-order chi connectivity index (χ1) is 9.13. The van der Waals surface area contributed by atoms with Crippen LogP contribution in [0.15, 0.2) is 18.2 Å². The van der Waals surface area contributed by atoms with Gasteiger partial charge in [-0.15, -0.1) is 0 Å². The zero-order chi connectivity index (χ0) is 13.8. The molecule has 2 rings (SSSR count). The van der Waals surface area contributed by atoms with Gasteiger partial charge < -0.3 is 5.32 Å². The van der Waals surface area contributed by atoms with Crippen molar-refractivity contribution in [1.29, 1.82) is 0 Å². The van der Waals surface area contributed by atoms with Gasteiger partial charge in [0.1, 0.15) is 0 Å². The third-order valence-corrected chi connectivity index (χ3v) is 4.06. The number of likely N-dealkylation sites (N-methyl/N-ethyl adjacent to an activating group) is 1. The van der Waals surface area contributed by atoms with Gasteiger partial charge >= 0.3 is 0 Å². The second kappa shape index (κ2) is 6.44. The average molecular weight is 268 g/mol. The summed E-state index contributed by atoms with van der Waals surface area (Å²) in [6, 6.07) is 4.73. The highest BCUT2D eigenvalue weighted by atomic mass is 19.2. The van der Waals surface area contributed by atoms with E-state index in [-0.39, 0.29) is 6.04 Å². The molecule has 2 atom stereocenters. The molecule has 4 heteroatoms. The van der Waals surface area contributed by atoms with Crippen molar-refractivity contribution >= 4 is 0 Å². The molecule has 2 unspecified atom stereocenters. The van der Waals surface area contributed by atoms with Crippen molar-refractivity contribution in [2.75, 3.05) is 20.1 Å². The lowest BCUT2D eigenvalue weighted by Gasteiger charge is -2.36. The second-order valence-electron chi connectivity index (χ2n) is 5.32. The van der Waals surface area contributed by atoms with Crippen LogP contribution in [0.25, 0.3) is 0 Å². The molecular weight excluding hydrogens is 246 g/mol. The van der Waals surface area contributed by atoms with E-state index in [1.807, 2.05) is 0 Å². The van der Waals surface area contributed by atoms with Crippen LogP contribution in [0, 0.1) is 11.6 Å². The number of nitrogens with zero attached hydrogens (tertiary/aromatic N) is 1. The molecule has 0 aliphatic carbocycles. The van der Waals surface area contributed by atoms with E-state index in [4.69, 9.17) is 0 Å². The van der Waals surface area contributed by atoms with Crippen LogP contribution in [-0.4, -0.2) is 31.1 Å². The average Bonchev–Trinajstić information content (AvgIpc) is 2.41. The smallest absolute Gasteiger partial charge is 0.163 e. The van der Waals surface area contributed by atoms with Crippen molar-refractivity contribution in [3.63, 3.8) is 0 Å². The van der Waals surface area contributed by atoms with Gasteiger partial charge in [0.05, 0.1) is 0 Å². The van der Waals surface area contributed by atoms with Gasteiger partial charge in [0.15, 0.2) is 11.6 Å². The Labute approximate surface area is 113 Å². The zero-order valence-electron chi connectivity index (χ0n) is 11.6. The molecule has 19 heavy (non-hydrogen) atoms. The van der Waals surface area contributed by atoms with Crippen LogP contribution in [0.5, 0.6) is 0 Å². The van der Waals surface area contributed by atoms with E-state index < -0.39 is 11.6 Å². The second-order valence-corrected chi connectivity index (χ2v) is 5.32. The minimum Gasteiger partial charge on any atom is -0.312 e. The Kier molecular flexibility index (Phi) is 4.88. The number of halogens is 2. The third-order valence-electron chi connectivity index (χ3n) is 4.06. The fraction of sp³-hybridized carbons (Fsp3) is 0.600. The standard InChI is InChI=1S/C15H22F2N2/c1-11-6-3-4-9-19(11)10-14(18-2)12-7-5-8-13(16)15(12)17/h5,7-8,11,14,18H,3-4,6,9-10H2,1-2H3. The Morgan fingerprint density at radius 2 is 2.16 bits per heavy atom. The molecule has 0 saturated carbocycles. The van der Waals surface area contributed by atoms with Crippen molar-refractivity contribution in [3.05, 3.63) is 35.4 Å². The van der Waals surface area contributed by atoms with Gasteiger partial charge in [0.25, 0.3) is 0 Å². The molecule has 1 fully saturated rings. The summed E-state index contributed by atoms with van der Waals surface area (Å²) >= 11 is 0. The molecule has 1 aromatic rings. The number of piperidine rings is 1. The van der Waals surface area contributed by atoms with Gasteiger partial charge in [-0.05, 0) is 39.4 Å². The van der Waals surface area contributed by atoms with Crippen molar-refractivity contribution in [2.45, 2.75) is 38.3 Å². The highest BCUT2D eigenvalue weighted by molar-refractivity contribution is 5.23. The van der Waals surface area contributed by atoms with Gasteiger partial charge in [-0.1, -0.05) is 18.6 Å². The first kappa shape index (κ1) is 14.4. The molecule has 0 spiro atoms. The van der Waals surface area contributed by atoms with E-state index in [1.165, 1.54) is 19.3 Å². The van der Waals surface area contributed by atoms with Gasteiger partial charge in [0, 0.05) is 24.2 Å². The molecular formula is C15H22F2N2. The summed E-state index contributed by atoms with van der Waals surface area (Å²) in [6.45, 7) is 3.96. The summed E-state index contributed by atoms with van der Waals surface area (Å²) in [5.41, 5.74) is 0.417. The van der Waals surface area contributed by atoms with Gasteiger partial charge in [0.2, 0.25) is 0 Å². The van der Waals surface area contributed by atoms with Crippen LogP contribution in [-0.2, 0) is 0 Å². The summed E-state index contributed by atoms with van der Waals surface area (Å²) in [6.07, 6.45) is 3.63. The maximum absolute atomic E-state index is 13.9. The highest BCUT2D eigenvalue weighted by Crippen LogP contribution is 2.23. The van der Waals surface area contributed by atoms with Gasteiger partial charge in [-0.2, -0.15) is 0 Å². The summed E-state index contributed by atoms with van der Waals surface area (Å²) in [5, 5.41) is 3.11. The number of hydrogen-bond donors (Lipinski definition) is 1. The van der Waals surface area contributed by atoms with Crippen molar-refractivity contribution in [3.8, 4) is 0 Å². The largest absolute Gasteiger partial charge is 0.312 e.